The van der Waals surface area contributed by atoms with Gasteiger partial charge in [0.15, 0.2) is 0 Å². The number of hydrogen-bond acceptors (Lipinski definition) is 4. The van der Waals surface area contributed by atoms with Crippen molar-refractivity contribution in [3.63, 3.8) is 0 Å². The van der Waals surface area contributed by atoms with Crippen molar-refractivity contribution in [1.82, 2.24) is 20.0 Å². The van der Waals surface area contributed by atoms with Gasteiger partial charge in [-0.15, -0.1) is 0 Å². The highest BCUT2D eigenvalue weighted by molar-refractivity contribution is 6.00. The summed E-state index contributed by atoms with van der Waals surface area (Å²) in [4.78, 5) is 15.5. The van der Waals surface area contributed by atoms with Crippen molar-refractivity contribution in [3.8, 4) is 22.7 Å². The Morgan fingerprint density at radius 2 is 1.77 bits per heavy atom. The Labute approximate surface area is 184 Å². The van der Waals surface area contributed by atoms with Gasteiger partial charge in [-0.1, -0.05) is 30.3 Å². The minimum absolute atomic E-state index is 0.132. The molecular weight excluding hydrogens is 388 g/mol. The number of nitrogens with one attached hydrogen (secondary N) is 1. The molecule has 2 aromatic carbocycles. The normalized spacial score (nSPS) is 11.4. The fourth-order valence-corrected chi connectivity index (χ4v) is 3.74. The number of nitrogens with zero attached hydrogens (tertiary/aromatic N) is 3. The number of ether oxygens (including phenoxy) is 1. The maximum Gasteiger partial charge on any atom is 0.255 e. The van der Waals surface area contributed by atoms with Crippen LogP contribution in [0.25, 0.3) is 16.9 Å². The molecule has 0 saturated heterocycles. The quantitative estimate of drug-likeness (QED) is 0.558. The van der Waals surface area contributed by atoms with Crippen LogP contribution in [-0.4, -0.2) is 52.9 Å². The zero-order valence-corrected chi connectivity index (χ0v) is 19.0. The molecule has 164 valence electrons. The summed E-state index contributed by atoms with van der Waals surface area (Å²) in [7, 11) is 1.63. The van der Waals surface area contributed by atoms with Gasteiger partial charge in [0.2, 0.25) is 0 Å². The molecule has 1 amide bonds. The molecule has 0 spiro atoms. The largest absolute Gasteiger partial charge is 0.497 e. The molecule has 6 heteroatoms. The second-order valence-electron chi connectivity index (χ2n) is 8.08. The lowest BCUT2D eigenvalue weighted by Gasteiger charge is -2.30. The molecular formula is C25H32N4O2. The summed E-state index contributed by atoms with van der Waals surface area (Å²) in [6, 6.07) is 18.3. The molecule has 0 saturated carbocycles. The molecule has 1 N–H and O–H groups in total. The lowest BCUT2D eigenvalue weighted by Crippen LogP contribution is -2.42. The summed E-state index contributed by atoms with van der Waals surface area (Å²) in [6.07, 6.45) is 1.79. The topological polar surface area (TPSA) is 59.4 Å². The van der Waals surface area contributed by atoms with E-state index in [0.29, 0.717) is 29.9 Å². The first kappa shape index (κ1) is 22.6. The van der Waals surface area contributed by atoms with Crippen LogP contribution in [0, 0.1) is 0 Å². The number of benzene rings is 2. The van der Waals surface area contributed by atoms with E-state index in [1.807, 2.05) is 54.6 Å². The fraction of sp³-hybridized carbons (Fsp3) is 0.360. The fourth-order valence-electron chi connectivity index (χ4n) is 3.74. The number of carbonyl (C=O) groups excluding carboxylic acids is 1. The van der Waals surface area contributed by atoms with Crippen LogP contribution in [0.4, 0.5) is 0 Å². The first-order chi connectivity index (χ1) is 14.9. The second kappa shape index (κ2) is 10.3. The SMILES string of the molecule is COc1cccc(-c2nn(-c3ccccc3)cc2C(=O)NCCN(C(C)C)C(C)C)c1. The van der Waals surface area contributed by atoms with Crippen LogP contribution in [0.15, 0.2) is 60.8 Å². The van der Waals surface area contributed by atoms with Gasteiger partial charge in [0.25, 0.3) is 5.91 Å². The van der Waals surface area contributed by atoms with Crippen molar-refractivity contribution >= 4 is 5.91 Å². The summed E-state index contributed by atoms with van der Waals surface area (Å²) in [5.41, 5.74) is 2.91. The number of para-hydroxylation sites is 1. The van der Waals surface area contributed by atoms with E-state index >= 15 is 0 Å². The summed E-state index contributed by atoms with van der Waals surface area (Å²) >= 11 is 0. The lowest BCUT2D eigenvalue weighted by molar-refractivity contribution is 0.0940. The van der Waals surface area contributed by atoms with Gasteiger partial charge in [0.1, 0.15) is 11.4 Å². The van der Waals surface area contributed by atoms with Crippen molar-refractivity contribution in [1.29, 1.82) is 0 Å². The number of rotatable bonds is 9. The monoisotopic (exact) mass is 420 g/mol. The van der Waals surface area contributed by atoms with Crippen LogP contribution in [0.2, 0.25) is 0 Å². The van der Waals surface area contributed by atoms with E-state index in [1.54, 1.807) is 18.0 Å². The molecule has 0 radical (unpaired) electrons. The first-order valence-electron chi connectivity index (χ1n) is 10.7. The first-order valence-corrected chi connectivity index (χ1v) is 10.7. The Morgan fingerprint density at radius 3 is 2.42 bits per heavy atom. The standard InChI is InChI=1S/C25H32N4O2/c1-18(2)28(19(3)4)15-14-26-25(30)23-17-29(21-11-7-6-8-12-21)27-24(23)20-10-9-13-22(16-20)31-5/h6-13,16-19H,14-15H2,1-5H3,(H,26,30). The van der Waals surface area contributed by atoms with Gasteiger partial charge in [-0.2, -0.15) is 5.10 Å². The van der Waals surface area contributed by atoms with E-state index in [9.17, 15) is 4.79 Å². The van der Waals surface area contributed by atoms with Crippen molar-refractivity contribution in [2.45, 2.75) is 39.8 Å². The number of aromatic nitrogens is 2. The average Bonchev–Trinajstić information content (AvgIpc) is 3.22. The van der Waals surface area contributed by atoms with E-state index < -0.39 is 0 Å². The maximum absolute atomic E-state index is 13.1. The van der Waals surface area contributed by atoms with E-state index in [1.165, 1.54) is 0 Å². The Bertz CT molecular complexity index is 988. The number of methoxy groups -OCH3 is 1. The highest BCUT2D eigenvalue weighted by Gasteiger charge is 2.20. The molecule has 6 nitrogen and oxygen atoms in total. The van der Waals surface area contributed by atoms with E-state index in [4.69, 9.17) is 9.84 Å². The lowest BCUT2D eigenvalue weighted by atomic mass is 10.1. The van der Waals surface area contributed by atoms with Crippen LogP contribution >= 0.6 is 0 Å². The van der Waals surface area contributed by atoms with Crippen molar-refractivity contribution < 1.29 is 9.53 Å². The van der Waals surface area contributed by atoms with E-state index in [2.05, 4.69) is 37.9 Å². The summed E-state index contributed by atoms with van der Waals surface area (Å²) in [6.45, 7) is 10.1. The van der Waals surface area contributed by atoms with Crippen LogP contribution in [0.5, 0.6) is 5.75 Å². The molecule has 0 bridgehead atoms. The minimum atomic E-state index is -0.132. The highest BCUT2D eigenvalue weighted by Crippen LogP contribution is 2.27. The smallest absolute Gasteiger partial charge is 0.255 e. The average molecular weight is 421 g/mol. The van der Waals surface area contributed by atoms with Gasteiger partial charge in [0, 0.05) is 36.9 Å². The van der Waals surface area contributed by atoms with Gasteiger partial charge < -0.3 is 10.1 Å². The third-order valence-electron chi connectivity index (χ3n) is 5.30. The Hall–Kier alpha value is -3.12. The molecule has 0 aliphatic carbocycles. The summed E-state index contributed by atoms with van der Waals surface area (Å²) < 4.78 is 7.11. The highest BCUT2D eigenvalue weighted by atomic mass is 16.5. The Morgan fingerprint density at radius 1 is 1.06 bits per heavy atom. The molecule has 31 heavy (non-hydrogen) atoms. The third-order valence-corrected chi connectivity index (χ3v) is 5.30. The number of amides is 1. The van der Waals surface area contributed by atoms with Crippen molar-refractivity contribution in [2.24, 2.45) is 0 Å². The second-order valence-corrected chi connectivity index (χ2v) is 8.08. The van der Waals surface area contributed by atoms with E-state index in [0.717, 1.165) is 23.5 Å². The number of carbonyl (C=O) groups is 1. The maximum atomic E-state index is 13.1. The Balaban J connectivity index is 1.88. The molecule has 0 unspecified atom stereocenters. The number of hydrogen-bond donors (Lipinski definition) is 1. The van der Waals surface area contributed by atoms with Crippen LogP contribution < -0.4 is 10.1 Å². The van der Waals surface area contributed by atoms with Crippen LogP contribution in [0.1, 0.15) is 38.1 Å². The van der Waals surface area contributed by atoms with E-state index in [-0.39, 0.29) is 5.91 Å². The zero-order chi connectivity index (χ0) is 22.4. The van der Waals surface area contributed by atoms with Gasteiger partial charge >= 0.3 is 0 Å². The molecule has 0 aliphatic rings. The molecule has 3 aromatic rings. The van der Waals surface area contributed by atoms with Crippen LogP contribution in [0.3, 0.4) is 0 Å². The predicted octanol–water partition coefficient (Wildman–Crippen LogP) is 4.40. The Kier molecular flexibility index (Phi) is 7.47. The van der Waals surface area contributed by atoms with Gasteiger partial charge in [-0.25, -0.2) is 4.68 Å². The summed E-state index contributed by atoms with van der Waals surface area (Å²) in [5.74, 6) is 0.593. The molecule has 3 rings (SSSR count). The molecule has 1 heterocycles. The molecule has 0 atom stereocenters. The minimum Gasteiger partial charge on any atom is -0.497 e. The van der Waals surface area contributed by atoms with Gasteiger partial charge in [-0.05, 0) is 52.0 Å². The zero-order valence-electron chi connectivity index (χ0n) is 19.0. The molecule has 0 fully saturated rings. The van der Waals surface area contributed by atoms with Crippen LogP contribution in [-0.2, 0) is 0 Å². The van der Waals surface area contributed by atoms with Gasteiger partial charge in [0.05, 0.1) is 18.4 Å². The van der Waals surface area contributed by atoms with Crippen molar-refractivity contribution in [2.75, 3.05) is 20.2 Å². The predicted molar refractivity (Wildman–Crippen MR) is 125 cm³/mol. The third kappa shape index (κ3) is 5.52. The van der Waals surface area contributed by atoms with Gasteiger partial charge in [-0.3, -0.25) is 9.69 Å². The molecule has 0 aliphatic heterocycles. The summed E-state index contributed by atoms with van der Waals surface area (Å²) in [5, 5.41) is 7.81. The van der Waals surface area contributed by atoms with Crippen molar-refractivity contribution in [3.05, 3.63) is 66.4 Å². The molecule has 1 aromatic heterocycles.